The van der Waals surface area contributed by atoms with E-state index in [1.54, 1.807) is 17.5 Å². The average molecular weight is 378 g/mol. The summed E-state index contributed by atoms with van der Waals surface area (Å²) in [6.07, 6.45) is 0.800. The minimum absolute atomic E-state index is 0.137. The third-order valence-corrected chi connectivity index (χ3v) is 5.08. The fourth-order valence-electron chi connectivity index (χ4n) is 1.94. The molecule has 0 spiro atoms. The second-order valence-electron chi connectivity index (χ2n) is 4.76. The van der Waals surface area contributed by atoms with E-state index >= 15 is 0 Å². The molecule has 2 aromatic rings. The zero-order valence-electron chi connectivity index (χ0n) is 12.4. The molecule has 130 valence electrons. The van der Waals surface area contributed by atoms with Gasteiger partial charge in [0.2, 0.25) is 10.0 Å². The highest BCUT2D eigenvalue weighted by Crippen LogP contribution is 2.25. The zero-order chi connectivity index (χ0) is 17.9. The van der Waals surface area contributed by atoms with E-state index in [1.165, 1.54) is 11.3 Å². The molecule has 0 fully saturated rings. The van der Waals surface area contributed by atoms with Crippen LogP contribution in [0.3, 0.4) is 0 Å². The molecule has 1 amide bonds. The Morgan fingerprint density at radius 2 is 1.92 bits per heavy atom. The van der Waals surface area contributed by atoms with Crippen LogP contribution in [0.2, 0.25) is 0 Å². The van der Waals surface area contributed by atoms with Crippen LogP contribution in [0, 0.1) is 17.5 Å². The first-order valence-corrected chi connectivity index (χ1v) is 9.37. The van der Waals surface area contributed by atoms with Crippen LogP contribution in [0.4, 0.5) is 18.9 Å². The number of benzene rings is 1. The van der Waals surface area contributed by atoms with Crippen LogP contribution in [-0.4, -0.2) is 33.7 Å². The van der Waals surface area contributed by atoms with Crippen molar-refractivity contribution in [2.75, 3.05) is 23.7 Å². The fraction of sp³-hybridized carbons (Fsp3) is 0.214. The van der Waals surface area contributed by atoms with Gasteiger partial charge in [-0.25, -0.2) is 21.6 Å². The molecule has 1 heterocycles. The molecule has 0 saturated heterocycles. The second-order valence-corrected chi connectivity index (χ2v) is 7.62. The number of rotatable bonds is 6. The molecule has 10 heteroatoms. The van der Waals surface area contributed by atoms with Gasteiger partial charge in [0, 0.05) is 6.54 Å². The van der Waals surface area contributed by atoms with Crippen LogP contribution in [0.15, 0.2) is 29.6 Å². The summed E-state index contributed by atoms with van der Waals surface area (Å²) in [6.45, 7) is -0.472. The Balaban J connectivity index is 2.16. The van der Waals surface area contributed by atoms with Crippen molar-refractivity contribution >= 4 is 33.0 Å². The van der Waals surface area contributed by atoms with Crippen molar-refractivity contribution in [1.82, 2.24) is 5.32 Å². The largest absolute Gasteiger partial charge is 0.350 e. The lowest BCUT2D eigenvalue weighted by Gasteiger charge is -2.23. The fourth-order valence-corrected chi connectivity index (χ4v) is 3.50. The second kappa shape index (κ2) is 7.22. The number of amides is 1. The van der Waals surface area contributed by atoms with Gasteiger partial charge in [-0.05, 0) is 23.6 Å². The topological polar surface area (TPSA) is 66.5 Å². The molecule has 24 heavy (non-hydrogen) atoms. The lowest BCUT2D eigenvalue weighted by Crippen LogP contribution is -2.38. The van der Waals surface area contributed by atoms with E-state index in [9.17, 15) is 26.4 Å². The highest BCUT2D eigenvalue weighted by Gasteiger charge is 2.24. The molecular formula is C14H13F3N2O3S2. The van der Waals surface area contributed by atoms with E-state index in [-0.39, 0.29) is 13.1 Å². The standard InChI is InChI=1S/C14H13F3N2O3S2/c1-24(21,22)19(10-5-4-9(15)12(16)13(10)17)7-6-18-14(20)11-3-2-8-23-11/h2-5,8H,6-7H2,1H3,(H,18,20). The van der Waals surface area contributed by atoms with Crippen molar-refractivity contribution in [3.8, 4) is 0 Å². The highest BCUT2D eigenvalue weighted by atomic mass is 32.2. The Kier molecular flexibility index (Phi) is 5.50. The SMILES string of the molecule is CS(=O)(=O)N(CCNC(=O)c1cccs1)c1ccc(F)c(F)c1F. The summed E-state index contributed by atoms with van der Waals surface area (Å²) < 4.78 is 64.4. The maximum absolute atomic E-state index is 13.8. The molecule has 0 saturated carbocycles. The Bertz CT molecular complexity index is 839. The van der Waals surface area contributed by atoms with Gasteiger partial charge in [-0.1, -0.05) is 6.07 Å². The number of halogens is 3. The summed E-state index contributed by atoms with van der Waals surface area (Å²) in [7, 11) is -3.97. The molecule has 0 aliphatic rings. The highest BCUT2D eigenvalue weighted by molar-refractivity contribution is 7.92. The molecule has 1 aromatic heterocycles. The first-order chi connectivity index (χ1) is 11.2. The molecule has 0 bridgehead atoms. The van der Waals surface area contributed by atoms with Gasteiger partial charge in [0.25, 0.3) is 5.91 Å². The van der Waals surface area contributed by atoms with Crippen molar-refractivity contribution < 1.29 is 26.4 Å². The number of nitrogens with one attached hydrogen (secondary N) is 1. The van der Waals surface area contributed by atoms with Gasteiger partial charge in [0.15, 0.2) is 17.5 Å². The number of sulfonamides is 1. The molecule has 1 aromatic carbocycles. The smallest absolute Gasteiger partial charge is 0.261 e. The number of carbonyl (C=O) groups is 1. The summed E-state index contributed by atoms with van der Waals surface area (Å²) >= 11 is 1.20. The van der Waals surface area contributed by atoms with Crippen molar-refractivity contribution in [3.63, 3.8) is 0 Å². The third kappa shape index (κ3) is 4.06. The molecule has 5 nitrogen and oxygen atoms in total. The van der Waals surface area contributed by atoms with Crippen molar-refractivity contribution in [1.29, 1.82) is 0 Å². The molecule has 1 N–H and O–H groups in total. The van der Waals surface area contributed by atoms with Crippen LogP contribution < -0.4 is 9.62 Å². The van der Waals surface area contributed by atoms with E-state index in [4.69, 9.17) is 0 Å². The number of nitrogens with zero attached hydrogens (tertiary/aromatic N) is 1. The molecule has 0 atom stereocenters. The summed E-state index contributed by atoms with van der Waals surface area (Å²) in [5.41, 5.74) is -0.623. The van der Waals surface area contributed by atoms with E-state index in [2.05, 4.69) is 5.32 Å². The van der Waals surface area contributed by atoms with Crippen LogP contribution >= 0.6 is 11.3 Å². The normalized spacial score (nSPS) is 11.3. The predicted molar refractivity (Wildman–Crippen MR) is 85.2 cm³/mol. The molecule has 0 radical (unpaired) electrons. The molecule has 2 rings (SSSR count). The number of hydrogen-bond donors (Lipinski definition) is 1. The van der Waals surface area contributed by atoms with Crippen molar-refractivity contribution in [2.24, 2.45) is 0 Å². The van der Waals surface area contributed by atoms with Crippen LogP contribution in [-0.2, 0) is 10.0 Å². The van der Waals surface area contributed by atoms with Crippen LogP contribution in [0.25, 0.3) is 0 Å². The molecule has 0 aliphatic heterocycles. The maximum Gasteiger partial charge on any atom is 0.261 e. The van der Waals surface area contributed by atoms with Gasteiger partial charge in [0.05, 0.1) is 23.4 Å². The van der Waals surface area contributed by atoms with Gasteiger partial charge < -0.3 is 5.32 Å². The Morgan fingerprint density at radius 1 is 1.21 bits per heavy atom. The van der Waals surface area contributed by atoms with Crippen LogP contribution in [0.5, 0.6) is 0 Å². The Labute approximate surface area is 140 Å². The van der Waals surface area contributed by atoms with Gasteiger partial charge in [-0.2, -0.15) is 0 Å². The minimum Gasteiger partial charge on any atom is -0.350 e. The Hall–Kier alpha value is -2.07. The number of anilines is 1. The van der Waals surface area contributed by atoms with E-state index in [1.807, 2.05) is 0 Å². The monoisotopic (exact) mass is 378 g/mol. The zero-order valence-corrected chi connectivity index (χ0v) is 14.1. The minimum atomic E-state index is -3.97. The summed E-state index contributed by atoms with van der Waals surface area (Å²) in [5.74, 6) is -5.20. The number of carbonyl (C=O) groups excluding carboxylic acids is 1. The van der Waals surface area contributed by atoms with Crippen molar-refractivity contribution in [3.05, 3.63) is 52.0 Å². The maximum atomic E-state index is 13.8. The third-order valence-electron chi connectivity index (χ3n) is 3.03. The quantitative estimate of drug-likeness (QED) is 0.785. The molecule has 0 unspecified atom stereocenters. The summed E-state index contributed by atoms with van der Waals surface area (Å²) in [6, 6.07) is 4.73. The van der Waals surface area contributed by atoms with Gasteiger partial charge >= 0.3 is 0 Å². The summed E-state index contributed by atoms with van der Waals surface area (Å²) in [4.78, 5) is 12.2. The van der Waals surface area contributed by atoms with E-state index in [0.29, 0.717) is 15.2 Å². The van der Waals surface area contributed by atoms with E-state index in [0.717, 1.165) is 12.3 Å². The van der Waals surface area contributed by atoms with Gasteiger partial charge in [0.1, 0.15) is 0 Å². The lowest BCUT2D eigenvalue weighted by atomic mass is 10.3. The van der Waals surface area contributed by atoms with Gasteiger partial charge in [-0.3, -0.25) is 9.10 Å². The summed E-state index contributed by atoms with van der Waals surface area (Å²) in [5, 5.41) is 4.18. The Morgan fingerprint density at radius 3 is 2.50 bits per heavy atom. The average Bonchev–Trinajstić information content (AvgIpc) is 3.03. The van der Waals surface area contributed by atoms with Crippen LogP contribution in [0.1, 0.15) is 9.67 Å². The first kappa shape index (κ1) is 18.3. The number of thiophene rings is 1. The molecule has 0 aliphatic carbocycles. The number of hydrogen-bond acceptors (Lipinski definition) is 4. The predicted octanol–water partition coefficient (Wildman–Crippen LogP) is 2.36. The van der Waals surface area contributed by atoms with Crippen molar-refractivity contribution in [2.45, 2.75) is 0 Å². The molecular weight excluding hydrogens is 365 g/mol. The first-order valence-electron chi connectivity index (χ1n) is 6.64. The van der Waals surface area contributed by atoms with Gasteiger partial charge in [-0.15, -0.1) is 11.3 Å². The van der Waals surface area contributed by atoms with E-state index < -0.39 is 39.1 Å². The lowest BCUT2D eigenvalue weighted by molar-refractivity contribution is 0.0959.